The van der Waals surface area contributed by atoms with Crippen molar-refractivity contribution < 1.29 is 22.0 Å². The normalized spacial score (nSPS) is 14.6. The van der Waals surface area contributed by atoms with Gasteiger partial charge in [-0.05, 0) is 29.7 Å². The maximum absolute atomic E-state index is 13.7. The van der Waals surface area contributed by atoms with Crippen molar-refractivity contribution in [1.29, 1.82) is 0 Å². The van der Waals surface area contributed by atoms with Crippen molar-refractivity contribution in [2.75, 3.05) is 16.2 Å². The first-order valence-electron chi connectivity index (χ1n) is 7.68. The molecule has 0 fully saturated rings. The number of nitrogens with zero attached hydrogens (tertiary/aromatic N) is 1. The average molecular weight is 374 g/mol. The van der Waals surface area contributed by atoms with Gasteiger partial charge < -0.3 is 5.32 Å². The van der Waals surface area contributed by atoms with Crippen LogP contribution >= 0.6 is 0 Å². The number of sulfonamides is 1. The molecular weight excluding hydrogens is 362 g/mol. The van der Waals surface area contributed by atoms with Crippen LogP contribution in [0, 0.1) is 11.6 Å². The predicted molar refractivity (Wildman–Crippen MR) is 93.5 cm³/mol. The van der Waals surface area contributed by atoms with Crippen LogP contribution in [0.4, 0.5) is 20.2 Å². The molecule has 1 aliphatic rings. The summed E-state index contributed by atoms with van der Waals surface area (Å²) in [5.41, 5.74) is -0.243. The van der Waals surface area contributed by atoms with E-state index < -0.39 is 39.8 Å². The van der Waals surface area contributed by atoms with Crippen LogP contribution in [-0.2, 0) is 14.8 Å². The molecule has 0 radical (unpaired) electrons. The number of benzene rings is 3. The molecule has 8 heteroatoms. The van der Waals surface area contributed by atoms with Gasteiger partial charge in [-0.2, -0.15) is 0 Å². The second kappa shape index (κ2) is 5.77. The van der Waals surface area contributed by atoms with Gasteiger partial charge in [-0.3, -0.25) is 9.10 Å². The maximum atomic E-state index is 13.7. The highest BCUT2D eigenvalue weighted by atomic mass is 32.2. The minimum Gasteiger partial charge on any atom is -0.320 e. The van der Waals surface area contributed by atoms with Gasteiger partial charge in [-0.1, -0.05) is 30.3 Å². The van der Waals surface area contributed by atoms with Crippen LogP contribution in [0.3, 0.4) is 0 Å². The van der Waals surface area contributed by atoms with E-state index in [0.29, 0.717) is 11.1 Å². The van der Waals surface area contributed by atoms with Crippen molar-refractivity contribution in [2.45, 2.75) is 4.90 Å². The topological polar surface area (TPSA) is 66.5 Å². The second-order valence-electron chi connectivity index (χ2n) is 5.79. The van der Waals surface area contributed by atoms with Crippen molar-refractivity contribution in [2.24, 2.45) is 0 Å². The fourth-order valence-corrected chi connectivity index (χ4v) is 4.72. The quantitative estimate of drug-likeness (QED) is 0.765. The molecule has 0 atom stereocenters. The summed E-state index contributed by atoms with van der Waals surface area (Å²) in [6, 6.07) is 13.1. The van der Waals surface area contributed by atoms with Crippen molar-refractivity contribution >= 4 is 38.1 Å². The minimum absolute atomic E-state index is 0.107. The molecule has 132 valence electrons. The third kappa shape index (κ3) is 2.41. The summed E-state index contributed by atoms with van der Waals surface area (Å²) >= 11 is 0. The van der Waals surface area contributed by atoms with Gasteiger partial charge in [0.05, 0.1) is 10.6 Å². The van der Waals surface area contributed by atoms with Gasteiger partial charge >= 0.3 is 0 Å². The average Bonchev–Trinajstić information content (AvgIpc) is 2.82. The SMILES string of the molecule is O=C(CN1c2cccc3cccc(c23)S1(=O)=O)Nc1c(F)cccc1F. The van der Waals surface area contributed by atoms with E-state index in [1.54, 1.807) is 30.3 Å². The Bertz CT molecular complexity index is 1140. The Morgan fingerprint density at radius 1 is 0.962 bits per heavy atom. The highest BCUT2D eigenvalue weighted by Gasteiger charge is 2.36. The maximum Gasteiger partial charge on any atom is 0.265 e. The van der Waals surface area contributed by atoms with E-state index in [1.165, 1.54) is 12.1 Å². The van der Waals surface area contributed by atoms with E-state index in [4.69, 9.17) is 0 Å². The van der Waals surface area contributed by atoms with Crippen LogP contribution in [0.1, 0.15) is 0 Å². The number of para-hydroxylation sites is 1. The number of nitrogens with one attached hydrogen (secondary N) is 1. The lowest BCUT2D eigenvalue weighted by Gasteiger charge is -2.18. The molecule has 1 amide bonds. The highest BCUT2D eigenvalue weighted by molar-refractivity contribution is 7.93. The number of rotatable bonds is 3. The van der Waals surface area contributed by atoms with E-state index in [-0.39, 0.29) is 4.90 Å². The van der Waals surface area contributed by atoms with Crippen molar-refractivity contribution in [3.63, 3.8) is 0 Å². The first-order chi connectivity index (χ1) is 12.4. The molecule has 1 aliphatic heterocycles. The Labute approximate surface area is 147 Å². The summed E-state index contributed by atoms with van der Waals surface area (Å²) in [4.78, 5) is 12.4. The van der Waals surface area contributed by atoms with Crippen molar-refractivity contribution in [1.82, 2.24) is 0 Å². The molecule has 0 spiro atoms. The van der Waals surface area contributed by atoms with E-state index in [0.717, 1.165) is 21.8 Å². The van der Waals surface area contributed by atoms with Gasteiger partial charge in [0.15, 0.2) is 0 Å². The van der Waals surface area contributed by atoms with Crippen LogP contribution in [0.2, 0.25) is 0 Å². The number of carbonyl (C=O) groups is 1. The van der Waals surface area contributed by atoms with Gasteiger partial charge in [-0.15, -0.1) is 0 Å². The molecule has 4 rings (SSSR count). The molecule has 0 saturated heterocycles. The zero-order chi connectivity index (χ0) is 18.5. The van der Waals surface area contributed by atoms with Gasteiger partial charge in [0, 0.05) is 5.39 Å². The Kier molecular flexibility index (Phi) is 3.66. The second-order valence-corrected chi connectivity index (χ2v) is 7.62. The monoisotopic (exact) mass is 374 g/mol. The van der Waals surface area contributed by atoms with E-state index >= 15 is 0 Å². The number of hydrogen-bond acceptors (Lipinski definition) is 3. The molecule has 0 saturated carbocycles. The van der Waals surface area contributed by atoms with Crippen molar-refractivity contribution in [3.8, 4) is 0 Å². The third-order valence-corrected chi connectivity index (χ3v) is 6.00. The van der Waals surface area contributed by atoms with E-state index in [1.807, 2.05) is 0 Å². The van der Waals surface area contributed by atoms with Gasteiger partial charge in [-0.25, -0.2) is 17.2 Å². The molecule has 0 aliphatic carbocycles. The fraction of sp³-hybridized carbons (Fsp3) is 0.0556. The molecule has 5 nitrogen and oxygen atoms in total. The van der Waals surface area contributed by atoms with Crippen LogP contribution in [0.15, 0.2) is 59.5 Å². The zero-order valence-electron chi connectivity index (χ0n) is 13.2. The van der Waals surface area contributed by atoms with E-state index in [9.17, 15) is 22.0 Å². The first-order valence-corrected chi connectivity index (χ1v) is 9.12. The molecule has 0 bridgehead atoms. The highest BCUT2D eigenvalue weighted by Crippen LogP contribution is 2.41. The number of amides is 1. The summed E-state index contributed by atoms with van der Waals surface area (Å²) in [5, 5.41) is 3.36. The Balaban J connectivity index is 1.69. The van der Waals surface area contributed by atoms with Crippen LogP contribution < -0.4 is 9.62 Å². The minimum atomic E-state index is -3.92. The van der Waals surface area contributed by atoms with Crippen molar-refractivity contribution in [3.05, 3.63) is 66.2 Å². The zero-order valence-corrected chi connectivity index (χ0v) is 14.1. The fourth-order valence-electron chi connectivity index (χ4n) is 3.06. The van der Waals surface area contributed by atoms with Gasteiger partial charge in [0.25, 0.3) is 10.0 Å². The first kappa shape index (κ1) is 16.5. The third-order valence-electron chi connectivity index (χ3n) is 4.20. The number of anilines is 2. The number of carbonyl (C=O) groups excluding carboxylic acids is 1. The largest absolute Gasteiger partial charge is 0.320 e. The Hall–Kier alpha value is -3.00. The van der Waals surface area contributed by atoms with Crippen LogP contribution in [-0.4, -0.2) is 20.9 Å². The smallest absolute Gasteiger partial charge is 0.265 e. The Morgan fingerprint density at radius 2 is 1.58 bits per heavy atom. The lowest BCUT2D eigenvalue weighted by atomic mass is 10.1. The molecule has 1 N–H and O–H groups in total. The van der Waals surface area contributed by atoms with E-state index in [2.05, 4.69) is 5.32 Å². The molecule has 0 aromatic heterocycles. The summed E-state index contributed by atoms with van der Waals surface area (Å²) in [7, 11) is -3.92. The number of hydrogen-bond donors (Lipinski definition) is 1. The Morgan fingerprint density at radius 3 is 2.27 bits per heavy atom. The molecule has 1 heterocycles. The van der Waals surface area contributed by atoms with Gasteiger partial charge in [0.1, 0.15) is 23.9 Å². The lowest BCUT2D eigenvalue weighted by molar-refractivity contribution is -0.114. The molecule has 3 aromatic carbocycles. The standard InChI is InChI=1S/C18H12F2N2O3S/c19-12-6-3-7-13(20)18(12)21-16(23)10-22-14-8-1-4-11-5-2-9-15(17(11)14)26(22,24)25/h1-9H,10H2,(H,21,23). The molecule has 0 unspecified atom stereocenters. The number of halogens is 2. The predicted octanol–water partition coefficient (Wildman–Crippen LogP) is 3.27. The molecular formula is C18H12F2N2O3S. The summed E-state index contributed by atoms with van der Waals surface area (Å²) in [6.45, 7) is -0.593. The van der Waals surface area contributed by atoms with Gasteiger partial charge in [0.2, 0.25) is 5.91 Å². The summed E-state index contributed by atoms with van der Waals surface area (Å²) in [6.07, 6.45) is 0. The molecule has 3 aromatic rings. The summed E-state index contributed by atoms with van der Waals surface area (Å²) in [5.74, 6) is -2.72. The van der Waals surface area contributed by atoms with Crippen LogP contribution in [0.5, 0.6) is 0 Å². The lowest BCUT2D eigenvalue weighted by Crippen LogP contribution is -2.35. The molecule has 26 heavy (non-hydrogen) atoms. The summed E-state index contributed by atoms with van der Waals surface area (Å²) < 4.78 is 53.9. The van der Waals surface area contributed by atoms with Crippen LogP contribution in [0.25, 0.3) is 10.8 Å².